The third kappa shape index (κ3) is 3.84. The van der Waals surface area contributed by atoms with Crippen LogP contribution in [0.25, 0.3) is 11.3 Å². The minimum absolute atomic E-state index is 0.253. The summed E-state index contributed by atoms with van der Waals surface area (Å²) in [6, 6.07) is 10.6. The van der Waals surface area contributed by atoms with Crippen molar-refractivity contribution in [3.05, 3.63) is 64.5 Å². The van der Waals surface area contributed by atoms with E-state index in [-0.39, 0.29) is 11.7 Å². The molecule has 1 amide bonds. The second-order valence-corrected chi connectivity index (χ2v) is 7.99. The number of hydrogen-bond acceptors (Lipinski definition) is 5. The molecule has 0 aliphatic carbocycles. The van der Waals surface area contributed by atoms with Crippen molar-refractivity contribution in [1.29, 1.82) is 0 Å². The highest BCUT2D eigenvalue weighted by Crippen LogP contribution is 2.41. The third-order valence-corrected chi connectivity index (χ3v) is 6.15. The number of amides is 1. The third-order valence-electron chi connectivity index (χ3n) is 6.15. The van der Waals surface area contributed by atoms with Gasteiger partial charge in [0.15, 0.2) is 0 Å². The van der Waals surface area contributed by atoms with E-state index >= 15 is 0 Å². The van der Waals surface area contributed by atoms with E-state index in [0.29, 0.717) is 29.2 Å². The number of hydrogen-bond donors (Lipinski definition) is 1. The van der Waals surface area contributed by atoms with E-state index in [1.165, 1.54) is 17.7 Å². The molecule has 5 rings (SSSR count). The van der Waals surface area contributed by atoms with E-state index < -0.39 is 0 Å². The molecule has 3 heterocycles. The van der Waals surface area contributed by atoms with Crippen LogP contribution in [0.4, 0.5) is 10.1 Å². The van der Waals surface area contributed by atoms with Crippen molar-refractivity contribution in [2.45, 2.75) is 20.0 Å². The second kappa shape index (κ2) is 8.42. The molecule has 3 aliphatic rings. The van der Waals surface area contributed by atoms with Gasteiger partial charge in [0.25, 0.3) is 5.91 Å². The molecule has 2 aromatic carbocycles. The van der Waals surface area contributed by atoms with Crippen LogP contribution in [-0.2, 0) is 27.3 Å². The number of nitrogens with one attached hydrogen (secondary N) is 1. The molecule has 31 heavy (non-hydrogen) atoms. The lowest BCUT2D eigenvalue weighted by atomic mass is 9.98. The molecule has 6 nitrogen and oxygen atoms in total. The number of hydrazine groups is 1. The fourth-order valence-corrected chi connectivity index (χ4v) is 4.54. The summed E-state index contributed by atoms with van der Waals surface area (Å²) in [5.41, 5.74) is 4.79. The van der Waals surface area contributed by atoms with Crippen molar-refractivity contribution in [3.8, 4) is 0 Å². The molecule has 0 spiro atoms. The van der Waals surface area contributed by atoms with E-state index in [1.54, 1.807) is 6.07 Å². The summed E-state index contributed by atoms with van der Waals surface area (Å²) in [4.78, 5) is 12.6. The number of likely N-dealkylation sites (N-methyl/N-ethyl adjacent to an activating group) is 1. The van der Waals surface area contributed by atoms with E-state index in [0.717, 1.165) is 56.9 Å². The highest BCUT2D eigenvalue weighted by molar-refractivity contribution is 6.36. The smallest absolute Gasteiger partial charge is 0.260 e. The van der Waals surface area contributed by atoms with Gasteiger partial charge in [-0.25, -0.2) is 14.4 Å². The molecule has 0 aromatic heterocycles. The zero-order chi connectivity index (χ0) is 21.4. The predicted octanol–water partition coefficient (Wildman–Crippen LogP) is 3.29. The summed E-state index contributed by atoms with van der Waals surface area (Å²) < 4.78 is 25.2. The number of fused-ring (bicyclic) bond motifs is 2. The normalized spacial score (nSPS) is 20.5. The summed E-state index contributed by atoms with van der Waals surface area (Å²) >= 11 is 0. The molecule has 0 radical (unpaired) electrons. The van der Waals surface area contributed by atoms with Crippen molar-refractivity contribution < 1.29 is 18.7 Å². The van der Waals surface area contributed by atoms with Crippen molar-refractivity contribution in [3.63, 3.8) is 0 Å². The Balaban J connectivity index is 1.37. The Morgan fingerprint density at radius 1 is 1.13 bits per heavy atom. The molecule has 0 atom stereocenters. The number of anilines is 1. The van der Waals surface area contributed by atoms with Gasteiger partial charge in [0.1, 0.15) is 18.2 Å². The fourth-order valence-electron chi connectivity index (χ4n) is 4.54. The lowest BCUT2D eigenvalue weighted by Crippen LogP contribution is -2.49. The van der Waals surface area contributed by atoms with Gasteiger partial charge in [0, 0.05) is 48.6 Å². The number of rotatable bonds is 5. The van der Waals surface area contributed by atoms with Crippen LogP contribution in [0.2, 0.25) is 0 Å². The topological polar surface area (TPSA) is 54.0 Å². The number of nitrogens with zero attached hydrogens (tertiary/aromatic N) is 2. The second-order valence-electron chi connectivity index (χ2n) is 7.99. The first-order valence-electron chi connectivity index (χ1n) is 10.8. The quantitative estimate of drug-likeness (QED) is 0.748. The van der Waals surface area contributed by atoms with Crippen LogP contribution in [0.5, 0.6) is 0 Å². The molecule has 1 fully saturated rings. The Morgan fingerprint density at radius 2 is 1.97 bits per heavy atom. The monoisotopic (exact) mass is 423 g/mol. The van der Waals surface area contributed by atoms with Crippen molar-refractivity contribution in [2.75, 3.05) is 44.7 Å². The number of ether oxygens (including phenoxy) is 2. The molecule has 1 saturated heterocycles. The van der Waals surface area contributed by atoms with Gasteiger partial charge in [-0.15, -0.1) is 0 Å². The average Bonchev–Trinajstić information content (AvgIpc) is 3.34. The minimum Gasteiger partial charge on any atom is -0.487 e. The van der Waals surface area contributed by atoms with Gasteiger partial charge >= 0.3 is 0 Å². The largest absolute Gasteiger partial charge is 0.487 e. The van der Waals surface area contributed by atoms with E-state index in [1.807, 2.05) is 6.07 Å². The molecular weight excluding hydrogens is 397 g/mol. The van der Waals surface area contributed by atoms with Gasteiger partial charge in [0.2, 0.25) is 0 Å². The summed E-state index contributed by atoms with van der Waals surface area (Å²) in [7, 11) is 0. The highest BCUT2D eigenvalue weighted by Gasteiger charge is 2.32. The van der Waals surface area contributed by atoms with Crippen LogP contribution < -0.4 is 5.32 Å². The predicted molar refractivity (Wildman–Crippen MR) is 116 cm³/mol. The van der Waals surface area contributed by atoms with Gasteiger partial charge in [-0.1, -0.05) is 25.1 Å². The molecule has 1 N–H and O–H groups in total. The van der Waals surface area contributed by atoms with E-state index in [9.17, 15) is 9.18 Å². The molecule has 0 saturated carbocycles. The Labute approximate surface area is 181 Å². The van der Waals surface area contributed by atoms with Crippen LogP contribution >= 0.6 is 0 Å². The summed E-state index contributed by atoms with van der Waals surface area (Å²) in [5, 5.41) is 7.56. The van der Waals surface area contributed by atoms with Gasteiger partial charge in [-0.2, -0.15) is 0 Å². The van der Waals surface area contributed by atoms with Gasteiger partial charge in [-0.3, -0.25) is 4.79 Å². The number of benzene rings is 2. The molecular formula is C24H26FN3O3. The molecule has 7 heteroatoms. The lowest BCUT2D eigenvalue weighted by Gasteiger charge is -2.36. The fraction of sp³-hybridized carbons (Fsp3) is 0.375. The first kappa shape index (κ1) is 20.2. The standard InChI is InChI=1S/C24H26FN3O3/c1-2-27(28-9-11-30-12-10-28)8-7-16-3-5-19-17(13-16)15-31-23(19)22-20-14-18(25)4-6-21(20)26-24(22)29/h3-6,13-14H,2,7-12,15H2,1H3,(H,26,29). The SMILES string of the molecule is CCN(CCc1ccc2c(c1)COC2=C1C(=O)Nc2ccc(F)cc21)N1CCOCC1. The van der Waals surface area contributed by atoms with Gasteiger partial charge in [-0.05, 0) is 30.2 Å². The average molecular weight is 423 g/mol. The maximum atomic E-state index is 13.8. The molecule has 0 unspecified atom stereocenters. The summed E-state index contributed by atoms with van der Waals surface area (Å²) in [6.07, 6.45) is 0.929. The Kier molecular flexibility index (Phi) is 5.48. The Hall–Kier alpha value is -2.74. The number of carbonyl (C=O) groups excluding carboxylic acids is 1. The number of carbonyl (C=O) groups is 1. The van der Waals surface area contributed by atoms with E-state index in [4.69, 9.17) is 9.47 Å². The summed E-state index contributed by atoms with van der Waals surface area (Å²) in [6.45, 7) is 7.95. The first-order valence-corrected chi connectivity index (χ1v) is 10.8. The molecule has 162 valence electrons. The van der Waals surface area contributed by atoms with Gasteiger partial charge < -0.3 is 14.8 Å². The van der Waals surface area contributed by atoms with Gasteiger partial charge in [0.05, 0.1) is 18.8 Å². The van der Waals surface area contributed by atoms with Crippen molar-refractivity contribution in [1.82, 2.24) is 10.0 Å². The number of morpholine rings is 1. The summed E-state index contributed by atoms with van der Waals surface area (Å²) in [5.74, 6) is -0.0915. The van der Waals surface area contributed by atoms with Crippen LogP contribution in [0, 0.1) is 5.82 Å². The highest BCUT2D eigenvalue weighted by atomic mass is 19.1. The lowest BCUT2D eigenvalue weighted by molar-refractivity contribution is -0.110. The molecule has 3 aliphatic heterocycles. The first-order chi connectivity index (χ1) is 15.1. The number of halogens is 1. The van der Waals surface area contributed by atoms with Crippen LogP contribution in [0.3, 0.4) is 0 Å². The van der Waals surface area contributed by atoms with Crippen LogP contribution in [0.1, 0.15) is 29.2 Å². The Morgan fingerprint density at radius 3 is 2.77 bits per heavy atom. The zero-order valence-electron chi connectivity index (χ0n) is 17.6. The minimum atomic E-state index is -0.373. The van der Waals surface area contributed by atoms with Crippen LogP contribution in [0.15, 0.2) is 36.4 Å². The maximum absolute atomic E-state index is 13.8. The van der Waals surface area contributed by atoms with Crippen molar-refractivity contribution >= 4 is 22.9 Å². The molecule has 0 bridgehead atoms. The van der Waals surface area contributed by atoms with E-state index in [2.05, 4.69) is 34.4 Å². The maximum Gasteiger partial charge on any atom is 0.260 e. The molecule has 2 aromatic rings. The Bertz CT molecular complexity index is 1050. The zero-order valence-corrected chi connectivity index (χ0v) is 17.6. The van der Waals surface area contributed by atoms with Crippen molar-refractivity contribution in [2.24, 2.45) is 0 Å². The van der Waals surface area contributed by atoms with Crippen LogP contribution in [-0.4, -0.2) is 55.3 Å².